The number of hydrogen-bond donors (Lipinski definition) is 3. The van der Waals surface area contributed by atoms with Crippen LogP contribution in [0.15, 0.2) is 0 Å². The molecular formula is C12H22ClN3O3. The second kappa shape index (κ2) is 7.07. The summed E-state index contributed by atoms with van der Waals surface area (Å²) in [5, 5.41) is 8.99. The van der Waals surface area contributed by atoms with Gasteiger partial charge in [0.2, 0.25) is 11.8 Å². The van der Waals surface area contributed by atoms with Crippen LogP contribution in [0.25, 0.3) is 0 Å². The highest BCUT2D eigenvalue weighted by molar-refractivity contribution is 5.90. The first-order chi connectivity index (χ1) is 8.65. The molecule has 2 aliphatic heterocycles. The van der Waals surface area contributed by atoms with Crippen molar-refractivity contribution in [3.8, 4) is 0 Å². The molecule has 2 atom stereocenters. The average Bonchev–Trinajstić information content (AvgIpc) is 2.97. The van der Waals surface area contributed by atoms with Gasteiger partial charge >= 0.3 is 0 Å². The van der Waals surface area contributed by atoms with Crippen LogP contribution in [0.3, 0.4) is 0 Å². The van der Waals surface area contributed by atoms with Crippen molar-refractivity contribution in [3.63, 3.8) is 0 Å². The molecule has 2 aliphatic rings. The molecule has 6 nitrogen and oxygen atoms in total. The van der Waals surface area contributed by atoms with E-state index in [2.05, 4.69) is 16.0 Å². The highest BCUT2D eigenvalue weighted by Crippen LogP contribution is 2.19. The second-order valence-electron chi connectivity index (χ2n) is 5.12. The zero-order chi connectivity index (χ0) is 13.0. The number of amides is 2. The standard InChI is InChI=1S/C12H21N3O3.ClH/c1-18-8-12(5-2-6-14-12)7-13-11(17)9-3-4-10(16)15-9;/h9,14H,2-8H2,1H3,(H,13,17)(H,15,16);1H. The van der Waals surface area contributed by atoms with E-state index in [1.807, 2.05) is 0 Å². The number of rotatable bonds is 5. The zero-order valence-electron chi connectivity index (χ0n) is 11.2. The predicted molar refractivity (Wildman–Crippen MR) is 73.3 cm³/mol. The normalized spacial score (nSPS) is 29.7. The van der Waals surface area contributed by atoms with Crippen molar-refractivity contribution in [1.82, 2.24) is 16.0 Å². The SMILES string of the molecule is COCC1(CNC(=O)C2CCC(=O)N2)CCCN1.Cl. The average molecular weight is 292 g/mol. The number of carbonyl (C=O) groups excluding carboxylic acids is 2. The summed E-state index contributed by atoms with van der Waals surface area (Å²) < 4.78 is 5.22. The number of nitrogens with one attached hydrogen (secondary N) is 3. The lowest BCUT2D eigenvalue weighted by Gasteiger charge is -2.29. The molecule has 0 aromatic rings. The van der Waals surface area contributed by atoms with Crippen LogP contribution in [0.1, 0.15) is 25.7 Å². The molecule has 3 N–H and O–H groups in total. The first-order valence-electron chi connectivity index (χ1n) is 6.46. The number of methoxy groups -OCH3 is 1. The van der Waals surface area contributed by atoms with E-state index in [-0.39, 0.29) is 35.8 Å². The summed E-state index contributed by atoms with van der Waals surface area (Å²) in [5.74, 6) is -0.134. The Kier molecular flexibility index (Phi) is 6.03. The Morgan fingerprint density at radius 1 is 1.58 bits per heavy atom. The second-order valence-corrected chi connectivity index (χ2v) is 5.12. The Labute approximate surface area is 119 Å². The first kappa shape index (κ1) is 16.2. The van der Waals surface area contributed by atoms with Crippen molar-refractivity contribution < 1.29 is 14.3 Å². The number of carbonyl (C=O) groups is 2. The lowest BCUT2D eigenvalue weighted by Crippen LogP contribution is -2.55. The molecular weight excluding hydrogens is 270 g/mol. The van der Waals surface area contributed by atoms with Gasteiger partial charge in [0.25, 0.3) is 0 Å². The van der Waals surface area contributed by atoms with Crippen LogP contribution in [0.5, 0.6) is 0 Å². The van der Waals surface area contributed by atoms with Crippen molar-refractivity contribution in [2.75, 3.05) is 26.8 Å². The molecule has 2 rings (SSSR count). The summed E-state index contributed by atoms with van der Waals surface area (Å²) in [6.07, 6.45) is 3.13. The molecule has 110 valence electrons. The minimum Gasteiger partial charge on any atom is -0.383 e. The van der Waals surface area contributed by atoms with E-state index >= 15 is 0 Å². The van der Waals surface area contributed by atoms with Crippen LogP contribution >= 0.6 is 12.4 Å². The van der Waals surface area contributed by atoms with E-state index in [0.29, 0.717) is 26.0 Å². The Morgan fingerprint density at radius 3 is 2.89 bits per heavy atom. The van der Waals surface area contributed by atoms with Crippen molar-refractivity contribution in [3.05, 3.63) is 0 Å². The van der Waals surface area contributed by atoms with Gasteiger partial charge in [-0.2, -0.15) is 0 Å². The van der Waals surface area contributed by atoms with E-state index in [4.69, 9.17) is 4.74 Å². The zero-order valence-corrected chi connectivity index (χ0v) is 12.0. The summed E-state index contributed by atoms with van der Waals surface area (Å²) in [5.41, 5.74) is -0.146. The predicted octanol–water partition coefficient (Wildman–Crippen LogP) is -0.428. The lowest BCUT2D eigenvalue weighted by atomic mass is 9.98. The van der Waals surface area contributed by atoms with Gasteiger partial charge in [0.05, 0.1) is 12.1 Å². The van der Waals surface area contributed by atoms with Gasteiger partial charge in [-0.1, -0.05) is 0 Å². The Bertz CT molecular complexity index is 332. The number of hydrogen-bond acceptors (Lipinski definition) is 4. The Morgan fingerprint density at radius 2 is 2.37 bits per heavy atom. The van der Waals surface area contributed by atoms with Crippen LogP contribution in [0.4, 0.5) is 0 Å². The first-order valence-corrected chi connectivity index (χ1v) is 6.46. The molecule has 0 aromatic carbocycles. The fraction of sp³-hybridized carbons (Fsp3) is 0.833. The van der Waals surface area contributed by atoms with Gasteiger partial charge in [-0.05, 0) is 25.8 Å². The summed E-state index contributed by atoms with van der Waals surface area (Å²) in [6.45, 7) is 2.09. The third-order valence-electron chi connectivity index (χ3n) is 3.67. The van der Waals surface area contributed by atoms with E-state index in [0.717, 1.165) is 19.4 Å². The van der Waals surface area contributed by atoms with Gasteiger partial charge in [0.1, 0.15) is 6.04 Å². The molecule has 2 heterocycles. The summed E-state index contributed by atoms with van der Waals surface area (Å²) in [7, 11) is 1.67. The highest BCUT2D eigenvalue weighted by Gasteiger charge is 2.35. The van der Waals surface area contributed by atoms with Crippen LogP contribution in [0, 0.1) is 0 Å². The van der Waals surface area contributed by atoms with Crippen LogP contribution in [-0.4, -0.2) is 50.2 Å². The van der Waals surface area contributed by atoms with Gasteiger partial charge in [-0.25, -0.2) is 0 Å². The maximum atomic E-state index is 11.9. The molecule has 2 fully saturated rings. The number of ether oxygens (including phenoxy) is 1. The van der Waals surface area contributed by atoms with Gasteiger partial charge in [-0.15, -0.1) is 12.4 Å². The molecule has 0 aliphatic carbocycles. The molecule has 0 bridgehead atoms. The highest BCUT2D eigenvalue weighted by atomic mass is 35.5. The molecule has 19 heavy (non-hydrogen) atoms. The maximum Gasteiger partial charge on any atom is 0.242 e. The summed E-state index contributed by atoms with van der Waals surface area (Å²) in [6, 6.07) is -0.363. The molecule has 2 saturated heterocycles. The third kappa shape index (κ3) is 4.06. The van der Waals surface area contributed by atoms with Crippen molar-refractivity contribution in [1.29, 1.82) is 0 Å². The minimum atomic E-state index is -0.363. The monoisotopic (exact) mass is 291 g/mol. The van der Waals surface area contributed by atoms with Crippen molar-refractivity contribution in [2.45, 2.75) is 37.3 Å². The molecule has 0 radical (unpaired) electrons. The van der Waals surface area contributed by atoms with E-state index in [9.17, 15) is 9.59 Å². The van der Waals surface area contributed by atoms with Crippen LogP contribution in [-0.2, 0) is 14.3 Å². The molecule has 2 unspecified atom stereocenters. The van der Waals surface area contributed by atoms with Gasteiger partial charge < -0.3 is 20.7 Å². The lowest BCUT2D eigenvalue weighted by molar-refractivity contribution is -0.126. The molecule has 7 heteroatoms. The van der Waals surface area contributed by atoms with Gasteiger partial charge in [0, 0.05) is 20.1 Å². The smallest absolute Gasteiger partial charge is 0.242 e. The van der Waals surface area contributed by atoms with Crippen molar-refractivity contribution >= 4 is 24.2 Å². The number of halogens is 1. The topological polar surface area (TPSA) is 79.5 Å². The maximum absolute atomic E-state index is 11.9. The fourth-order valence-corrected chi connectivity index (χ4v) is 2.66. The van der Waals surface area contributed by atoms with Crippen LogP contribution < -0.4 is 16.0 Å². The third-order valence-corrected chi connectivity index (χ3v) is 3.67. The van der Waals surface area contributed by atoms with Crippen LogP contribution in [0.2, 0.25) is 0 Å². The van der Waals surface area contributed by atoms with E-state index in [1.54, 1.807) is 7.11 Å². The molecule has 0 aromatic heterocycles. The largest absolute Gasteiger partial charge is 0.383 e. The summed E-state index contributed by atoms with van der Waals surface area (Å²) >= 11 is 0. The summed E-state index contributed by atoms with van der Waals surface area (Å²) in [4.78, 5) is 23.0. The quantitative estimate of drug-likeness (QED) is 0.642. The van der Waals surface area contributed by atoms with Gasteiger partial charge in [-0.3, -0.25) is 9.59 Å². The van der Waals surface area contributed by atoms with Gasteiger partial charge in [0.15, 0.2) is 0 Å². The minimum absolute atomic E-state index is 0. The molecule has 0 spiro atoms. The van der Waals surface area contributed by atoms with E-state index in [1.165, 1.54) is 0 Å². The molecule has 2 amide bonds. The Balaban J connectivity index is 0.00000180. The van der Waals surface area contributed by atoms with E-state index < -0.39 is 0 Å². The Hall–Kier alpha value is -0.850. The fourth-order valence-electron chi connectivity index (χ4n) is 2.66. The van der Waals surface area contributed by atoms with Crippen molar-refractivity contribution in [2.24, 2.45) is 0 Å². The molecule has 0 saturated carbocycles.